The van der Waals surface area contributed by atoms with Crippen molar-refractivity contribution in [1.29, 1.82) is 0 Å². The number of carbonyl (C=O) groups is 1. The van der Waals surface area contributed by atoms with E-state index in [0.717, 1.165) is 22.9 Å². The molecule has 204 valence electrons. The Kier molecular flexibility index (Phi) is 9.70. The number of pyridine rings is 1. The SMILES string of the molecule is COc1cccc(SCCN2CCC(CC[C@@H](F)c3c(Cl)cnc4ccc(OC)cc34)(C(=O)NO)CC2)c1. The van der Waals surface area contributed by atoms with Gasteiger partial charge in [-0.15, -0.1) is 11.8 Å². The lowest BCUT2D eigenvalue weighted by Gasteiger charge is -2.40. The number of halogens is 2. The average Bonchev–Trinajstić information content (AvgIpc) is 2.96. The Labute approximate surface area is 231 Å². The third-order valence-electron chi connectivity index (χ3n) is 7.37. The van der Waals surface area contributed by atoms with Crippen LogP contribution in [0.25, 0.3) is 10.9 Å². The molecular formula is C28H33ClFN3O4S. The van der Waals surface area contributed by atoms with Gasteiger partial charge < -0.3 is 14.4 Å². The summed E-state index contributed by atoms with van der Waals surface area (Å²) < 4.78 is 26.3. The van der Waals surface area contributed by atoms with Crippen LogP contribution < -0.4 is 15.0 Å². The highest BCUT2D eigenvalue weighted by molar-refractivity contribution is 7.99. The van der Waals surface area contributed by atoms with Crippen molar-refractivity contribution in [2.24, 2.45) is 5.41 Å². The third kappa shape index (κ3) is 6.51. The molecule has 0 radical (unpaired) electrons. The summed E-state index contributed by atoms with van der Waals surface area (Å²) in [6, 6.07) is 13.2. The van der Waals surface area contributed by atoms with E-state index in [1.54, 1.807) is 44.2 Å². The molecule has 1 fully saturated rings. The van der Waals surface area contributed by atoms with E-state index in [1.165, 1.54) is 6.20 Å². The van der Waals surface area contributed by atoms with E-state index in [1.807, 2.05) is 23.7 Å². The molecule has 1 aliphatic rings. The number of alkyl halides is 1. The van der Waals surface area contributed by atoms with Crippen molar-refractivity contribution in [3.8, 4) is 11.5 Å². The molecule has 1 aliphatic heterocycles. The molecule has 2 aromatic carbocycles. The van der Waals surface area contributed by atoms with Gasteiger partial charge in [0.15, 0.2) is 0 Å². The van der Waals surface area contributed by atoms with E-state index in [9.17, 15) is 10.0 Å². The number of nitrogens with zero attached hydrogens (tertiary/aromatic N) is 2. The smallest absolute Gasteiger partial charge is 0.249 e. The molecule has 38 heavy (non-hydrogen) atoms. The molecule has 2 N–H and O–H groups in total. The second kappa shape index (κ2) is 13.0. The van der Waals surface area contributed by atoms with Crippen LogP contribution in [-0.2, 0) is 4.79 Å². The molecule has 0 saturated carbocycles. The van der Waals surface area contributed by atoms with Gasteiger partial charge >= 0.3 is 0 Å². The Hall–Kier alpha value is -2.59. The Morgan fingerprint density at radius 1 is 1.21 bits per heavy atom. The number of ether oxygens (including phenoxy) is 2. The summed E-state index contributed by atoms with van der Waals surface area (Å²) in [5.41, 5.74) is 1.96. The van der Waals surface area contributed by atoms with Crippen LogP contribution in [0.3, 0.4) is 0 Å². The zero-order valence-electron chi connectivity index (χ0n) is 21.6. The molecule has 0 bridgehead atoms. The van der Waals surface area contributed by atoms with Crippen LogP contribution in [0, 0.1) is 5.41 Å². The van der Waals surface area contributed by atoms with Crippen molar-refractivity contribution in [3.05, 3.63) is 59.2 Å². The summed E-state index contributed by atoms with van der Waals surface area (Å²) in [6.07, 6.45) is 1.51. The Bertz CT molecular complexity index is 1260. The third-order valence-corrected chi connectivity index (χ3v) is 8.65. The zero-order chi connectivity index (χ0) is 27.1. The molecule has 1 amide bonds. The largest absolute Gasteiger partial charge is 0.497 e. The molecule has 2 heterocycles. The molecule has 3 aromatic rings. The van der Waals surface area contributed by atoms with Gasteiger partial charge in [-0.3, -0.25) is 15.0 Å². The number of fused-ring (bicyclic) bond motifs is 1. The minimum atomic E-state index is -1.40. The van der Waals surface area contributed by atoms with Crippen molar-refractivity contribution >= 4 is 40.2 Å². The molecule has 7 nitrogen and oxygen atoms in total. The maximum absolute atomic E-state index is 15.7. The first kappa shape index (κ1) is 28.4. The van der Waals surface area contributed by atoms with Gasteiger partial charge in [0.2, 0.25) is 5.91 Å². The average molecular weight is 562 g/mol. The number of carbonyl (C=O) groups excluding carboxylic acids is 1. The van der Waals surface area contributed by atoms with Crippen molar-refractivity contribution in [2.45, 2.75) is 36.8 Å². The van der Waals surface area contributed by atoms with E-state index in [-0.39, 0.29) is 17.9 Å². The first-order chi connectivity index (χ1) is 18.4. The summed E-state index contributed by atoms with van der Waals surface area (Å²) >= 11 is 8.14. The standard InChI is InChI=1S/C28H33ClFN3O4S/c1-36-19-4-3-5-21(16-19)38-15-14-33-12-10-28(11-13-33,27(34)32-35)9-8-24(30)26-22-17-20(37-2)6-7-25(22)31-18-23(26)29/h3-7,16-18,24,35H,8-15H2,1-2H3,(H,32,34)/t24-/m1/s1. The minimum absolute atomic E-state index is 0.0924. The summed E-state index contributed by atoms with van der Waals surface area (Å²) in [5.74, 6) is 1.86. The second-order valence-corrected chi connectivity index (χ2v) is 11.1. The van der Waals surface area contributed by atoms with Gasteiger partial charge in [0.05, 0.1) is 30.2 Å². The fourth-order valence-corrected chi connectivity index (χ4v) is 6.29. The Morgan fingerprint density at radius 3 is 2.66 bits per heavy atom. The molecule has 10 heteroatoms. The van der Waals surface area contributed by atoms with Gasteiger partial charge in [-0.2, -0.15) is 0 Å². The van der Waals surface area contributed by atoms with Gasteiger partial charge in [-0.05, 0) is 75.2 Å². The minimum Gasteiger partial charge on any atom is -0.497 e. The molecule has 0 spiro atoms. The lowest BCUT2D eigenvalue weighted by Crippen LogP contribution is -2.48. The van der Waals surface area contributed by atoms with Crippen LogP contribution in [0.1, 0.15) is 37.4 Å². The lowest BCUT2D eigenvalue weighted by atomic mass is 9.73. The predicted molar refractivity (Wildman–Crippen MR) is 148 cm³/mol. The zero-order valence-corrected chi connectivity index (χ0v) is 23.2. The topological polar surface area (TPSA) is 83.9 Å². The summed E-state index contributed by atoms with van der Waals surface area (Å²) in [5, 5.41) is 10.3. The summed E-state index contributed by atoms with van der Waals surface area (Å²) in [4.78, 5) is 20.5. The van der Waals surface area contributed by atoms with E-state index in [2.05, 4.69) is 16.0 Å². The van der Waals surface area contributed by atoms with Crippen LogP contribution in [0.4, 0.5) is 4.39 Å². The molecule has 0 aliphatic carbocycles. The molecule has 4 rings (SSSR count). The monoisotopic (exact) mass is 561 g/mol. The summed E-state index contributed by atoms with van der Waals surface area (Å²) in [6.45, 7) is 2.25. The molecular weight excluding hydrogens is 529 g/mol. The molecule has 1 atom stereocenters. The van der Waals surface area contributed by atoms with Gasteiger partial charge in [-0.1, -0.05) is 17.7 Å². The highest BCUT2D eigenvalue weighted by Gasteiger charge is 2.41. The van der Waals surface area contributed by atoms with Crippen LogP contribution in [0.5, 0.6) is 11.5 Å². The number of likely N-dealkylation sites (tertiary alicyclic amines) is 1. The van der Waals surface area contributed by atoms with E-state index >= 15 is 4.39 Å². The predicted octanol–water partition coefficient (Wildman–Crippen LogP) is 6.08. The van der Waals surface area contributed by atoms with Crippen LogP contribution >= 0.6 is 23.4 Å². The number of methoxy groups -OCH3 is 2. The maximum atomic E-state index is 15.7. The number of benzene rings is 2. The fraction of sp³-hybridized carbons (Fsp3) is 0.429. The van der Waals surface area contributed by atoms with Crippen molar-refractivity contribution in [1.82, 2.24) is 15.4 Å². The van der Waals surface area contributed by atoms with Gasteiger partial charge in [0, 0.05) is 34.3 Å². The number of nitrogens with one attached hydrogen (secondary N) is 1. The Morgan fingerprint density at radius 2 is 1.95 bits per heavy atom. The van der Waals surface area contributed by atoms with Crippen molar-refractivity contribution < 1.29 is 23.9 Å². The van der Waals surface area contributed by atoms with Gasteiger partial charge in [0.1, 0.15) is 17.7 Å². The highest BCUT2D eigenvalue weighted by Crippen LogP contribution is 2.42. The molecule has 0 unspecified atom stereocenters. The number of thioether (sulfide) groups is 1. The first-order valence-corrected chi connectivity index (χ1v) is 14.0. The Balaban J connectivity index is 1.38. The maximum Gasteiger partial charge on any atom is 0.249 e. The number of hydrogen-bond donors (Lipinski definition) is 2. The van der Waals surface area contributed by atoms with E-state index in [0.29, 0.717) is 48.1 Å². The summed E-state index contributed by atoms with van der Waals surface area (Å²) in [7, 11) is 3.20. The number of hydroxylamine groups is 1. The second-order valence-electron chi connectivity index (χ2n) is 9.50. The van der Waals surface area contributed by atoms with Gasteiger partial charge in [-0.25, -0.2) is 9.87 Å². The number of rotatable bonds is 11. The molecule has 1 aromatic heterocycles. The van der Waals surface area contributed by atoms with Gasteiger partial charge in [0.25, 0.3) is 0 Å². The number of aromatic nitrogens is 1. The van der Waals surface area contributed by atoms with E-state index in [4.69, 9.17) is 21.1 Å². The number of hydrogen-bond acceptors (Lipinski definition) is 7. The van der Waals surface area contributed by atoms with Crippen molar-refractivity contribution in [2.75, 3.05) is 39.6 Å². The fourth-order valence-electron chi connectivity index (χ4n) is 5.06. The van der Waals surface area contributed by atoms with Crippen LogP contribution in [-0.4, -0.2) is 60.6 Å². The number of piperidine rings is 1. The first-order valence-electron chi connectivity index (χ1n) is 12.6. The van der Waals surface area contributed by atoms with Crippen LogP contribution in [0.2, 0.25) is 5.02 Å². The lowest BCUT2D eigenvalue weighted by molar-refractivity contribution is -0.143. The van der Waals surface area contributed by atoms with E-state index < -0.39 is 17.5 Å². The normalized spacial score (nSPS) is 16.2. The van der Waals surface area contributed by atoms with Crippen LogP contribution in [0.15, 0.2) is 53.6 Å². The number of amides is 1. The quantitative estimate of drug-likeness (QED) is 0.167. The van der Waals surface area contributed by atoms with Crippen molar-refractivity contribution in [3.63, 3.8) is 0 Å². The highest BCUT2D eigenvalue weighted by atomic mass is 35.5. The molecule has 1 saturated heterocycles.